The van der Waals surface area contributed by atoms with Crippen LogP contribution in [0.5, 0.6) is 0 Å². The fourth-order valence-electron chi connectivity index (χ4n) is 2.35. The highest BCUT2D eigenvalue weighted by atomic mass is 16.4. The van der Waals surface area contributed by atoms with Crippen molar-refractivity contribution in [1.29, 1.82) is 0 Å². The van der Waals surface area contributed by atoms with Gasteiger partial charge in [0.2, 0.25) is 0 Å². The van der Waals surface area contributed by atoms with Crippen LogP contribution in [-0.4, -0.2) is 5.78 Å². The molecule has 0 saturated carbocycles. The molecule has 4 heteroatoms. The lowest BCUT2D eigenvalue weighted by molar-refractivity contribution is 0.0988. The first-order valence-electron chi connectivity index (χ1n) is 5.96. The molecule has 0 unspecified atom stereocenters. The first kappa shape index (κ1) is 11.7. The van der Waals surface area contributed by atoms with Crippen LogP contribution in [0.3, 0.4) is 0 Å². The van der Waals surface area contributed by atoms with Crippen LogP contribution >= 0.6 is 0 Å². The standard InChI is InChI=1S/C15H12O4/c1-7-4-5-11-10(6-7)14-12(15(17)18-11)8(2)13(19-14)9(3)16/h4-6H,1-3H3. The van der Waals surface area contributed by atoms with E-state index in [0.29, 0.717) is 27.5 Å². The van der Waals surface area contributed by atoms with E-state index in [1.807, 2.05) is 19.1 Å². The molecular formula is C15H12O4. The van der Waals surface area contributed by atoms with Crippen LogP contribution in [0.4, 0.5) is 0 Å². The van der Waals surface area contributed by atoms with Gasteiger partial charge >= 0.3 is 5.63 Å². The van der Waals surface area contributed by atoms with Crippen LogP contribution in [-0.2, 0) is 0 Å². The van der Waals surface area contributed by atoms with Crippen molar-refractivity contribution in [3.63, 3.8) is 0 Å². The van der Waals surface area contributed by atoms with E-state index < -0.39 is 5.63 Å². The van der Waals surface area contributed by atoms with Gasteiger partial charge in [-0.15, -0.1) is 0 Å². The summed E-state index contributed by atoms with van der Waals surface area (Å²) >= 11 is 0. The number of aryl methyl sites for hydroxylation is 2. The molecular weight excluding hydrogens is 244 g/mol. The lowest BCUT2D eigenvalue weighted by Crippen LogP contribution is -2.00. The van der Waals surface area contributed by atoms with Crippen LogP contribution in [0.2, 0.25) is 0 Å². The van der Waals surface area contributed by atoms with Gasteiger partial charge in [-0.25, -0.2) is 4.79 Å². The molecule has 0 bridgehead atoms. The molecule has 0 atom stereocenters. The van der Waals surface area contributed by atoms with Gasteiger partial charge in [-0.1, -0.05) is 11.6 Å². The fraction of sp³-hybridized carbons (Fsp3) is 0.200. The molecule has 0 N–H and O–H groups in total. The maximum Gasteiger partial charge on any atom is 0.347 e. The quantitative estimate of drug-likeness (QED) is 0.494. The van der Waals surface area contributed by atoms with Crippen molar-refractivity contribution < 1.29 is 13.6 Å². The third kappa shape index (κ3) is 1.60. The van der Waals surface area contributed by atoms with E-state index in [2.05, 4.69) is 0 Å². The van der Waals surface area contributed by atoms with Crippen LogP contribution in [0.25, 0.3) is 21.9 Å². The van der Waals surface area contributed by atoms with Crippen LogP contribution in [0.15, 0.2) is 31.8 Å². The SMILES string of the molecule is CC(=O)c1oc2c(c1C)c(=O)oc1ccc(C)cc12. The van der Waals surface area contributed by atoms with Gasteiger partial charge in [0, 0.05) is 12.5 Å². The molecule has 4 nitrogen and oxygen atoms in total. The second kappa shape index (κ2) is 3.82. The molecule has 3 aromatic rings. The van der Waals surface area contributed by atoms with Gasteiger partial charge in [-0.2, -0.15) is 0 Å². The molecule has 2 aromatic heterocycles. The van der Waals surface area contributed by atoms with Crippen molar-refractivity contribution in [2.45, 2.75) is 20.8 Å². The summed E-state index contributed by atoms with van der Waals surface area (Å²) in [6, 6.07) is 5.48. The van der Waals surface area contributed by atoms with Gasteiger partial charge < -0.3 is 8.83 Å². The lowest BCUT2D eigenvalue weighted by Gasteiger charge is -1.98. The number of Topliss-reactive ketones (excluding diaryl/α,β-unsaturated/α-hetero) is 1. The van der Waals surface area contributed by atoms with E-state index in [1.54, 1.807) is 13.0 Å². The summed E-state index contributed by atoms with van der Waals surface area (Å²) in [5.41, 5.74) is 1.99. The van der Waals surface area contributed by atoms with Gasteiger partial charge in [-0.05, 0) is 26.0 Å². The van der Waals surface area contributed by atoms with Crippen molar-refractivity contribution in [3.8, 4) is 0 Å². The second-order valence-electron chi connectivity index (χ2n) is 4.71. The molecule has 0 fully saturated rings. The summed E-state index contributed by atoms with van der Waals surface area (Å²) in [6.45, 7) is 5.05. The zero-order valence-electron chi connectivity index (χ0n) is 10.9. The maximum atomic E-state index is 12.0. The number of benzene rings is 1. The molecule has 0 aliphatic rings. The average molecular weight is 256 g/mol. The maximum absolute atomic E-state index is 12.0. The van der Waals surface area contributed by atoms with E-state index in [1.165, 1.54) is 6.92 Å². The minimum absolute atomic E-state index is 0.200. The van der Waals surface area contributed by atoms with E-state index in [0.717, 1.165) is 5.56 Å². The number of rotatable bonds is 1. The van der Waals surface area contributed by atoms with E-state index >= 15 is 0 Å². The van der Waals surface area contributed by atoms with E-state index in [4.69, 9.17) is 8.83 Å². The van der Waals surface area contributed by atoms with Gasteiger partial charge in [-0.3, -0.25) is 4.79 Å². The zero-order chi connectivity index (χ0) is 13.7. The second-order valence-corrected chi connectivity index (χ2v) is 4.71. The van der Waals surface area contributed by atoms with Gasteiger partial charge in [0.1, 0.15) is 11.0 Å². The van der Waals surface area contributed by atoms with E-state index in [-0.39, 0.29) is 11.5 Å². The molecule has 19 heavy (non-hydrogen) atoms. The Morgan fingerprint density at radius 3 is 2.58 bits per heavy atom. The number of furan rings is 1. The predicted octanol–water partition coefficient (Wildman–Crippen LogP) is 3.36. The molecule has 0 saturated heterocycles. The summed E-state index contributed by atoms with van der Waals surface area (Å²) in [5, 5.41) is 1.06. The third-order valence-electron chi connectivity index (χ3n) is 3.25. The number of hydrogen-bond donors (Lipinski definition) is 0. The zero-order valence-corrected chi connectivity index (χ0v) is 10.9. The highest BCUT2D eigenvalue weighted by Gasteiger charge is 2.20. The summed E-state index contributed by atoms with van der Waals surface area (Å²) in [6.07, 6.45) is 0. The largest absolute Gasteiger partial charge is 0.452 e. The lowest BCUT2D eigenvalue weighted by atomic mass is 10.1. The molecule has 0 aliphatic carbocycles. The van der Waals surface area contributed by atoms with Gasteiger partial charge in [0.05, 0.1) is 5.39 Å². The Balaban J connectivity index is 2.60. The molecule has 0 amide bonds. The molecule has 1 aromatic carbocycles. The smallest absolute Gasteiger partial charge is 0.347 e. The Hall–Kier alpha value is -2.36. The van der Waals surface area contributed by atoms with Crippen LogP contribution in [0.1, 0.15) is 28.6 Å². The Bertz CT molecular complexity index is 880. The molecule has 3 rings (SSSR count). The van der Waals surface area contributed by atoms with Crippen molar-refractivity contribution in [3.05, 3.63) is 45.5 Å². The highest BCUT2D eigenvalue weighted by Crippen LogP contribution is 2.29. The molecule has 0 aliphatic heterocycles. The number of hydrogen-bond acceptors (Lipinski definition) is 4. The van der Waals surface area contributed by atoms with Crippen LogP contribution < -0.4 is 5.63 Å². The Morgan fingerprint density at radius 2 is 1.89 bits per heavy atom. The summed E-state index contributed by atoms with van der Waals surface area (Å²) in [5.74, 6) is 0.0187. The number of ketones is 1. The minimum Gasteiger partial charge on any atom is -0.452 e. The fourth-order valence-corrected chi connectivity index (χ4v) is 2.35. The Labute approximate surface area is 108 Å². The summed E-state index contributed by atoms with van der Waals surface area (Å²) in [4.78, 5) is 23.5. The minimum atomic E-state index is -0.472. The first-order valence-corrected chi connectivity index (χ1v) is 5.96. The highest BCUT2D eigenvalue weighted by molar-refractivity contribution is 6.06. The Morgan fingerprint density at radius 1 is 1.16 bits per heavy atom. The van der Waals surface area contributed by atoms with Crippen molar-refractivity contribution in [2.24, 2.45) is 0 Å². The molecule has 0 radical (unpaired) electrons. The van der Waals surface area contributed by atoms with Crippen molar-refractivity contribution in [2.75, 3.05) is 0 Å². The number of carbonyl (C=O) groups is 1. The predicted molar refractivity (Wildman–Crippen MR) is 71.7 cm³/mol. The number of carbonyl (C=O) groups excluding carboxylic acids is 1. The first-order chi connectivity index (χ1) is 8.99. The topological polar surface area (TPSA) is 60.4 Å². The van der Waals surface area contributed by atoms with Gasteiger partial charge in [0.25, 0.3) is 0 Å². The molecule has 96 valence electrons. The van der Waals surface area contributed by atoms with Crippen molar-refractivity contribution in [1.82, 2.24) is 0 Å². The average Bonchev–Trinajstić information content (AvgIpc) is 2.69. The van der Waals surface area contributed by atoms with Crippen LogP contribution in [0, 0.1) is 13.8 Å². The summed E-state index contributed by atoms with van der Waals surface area (Å²) < 4.78 is 10.9. The summed E-state index contributed by atoms with van der Waals surface area (Å²) in [7, 11) is 0. The van der Waals surface area contributed by atoms with Crippen molar-refractivity contribution >= 4 is 27.7 Å². The van der Waals surface area contributed by atoms with E-state index in [9.17, 15) is 9.59 Å². The molecule has 0 spiro atoms. The normalized spacial score (nSPS) is 11.3. The number of fused-ring (bicyclic) bond motifs is 3. The Kier molecular flexibility index (Phi) is 2.35. The third-order valence-corrected chi connectivity index (χ3v) is 3.25. The monoisotopic (exact) mass is 256 g/mol. The van der Waals surface area contributed by atoms with Gasteiger partial charge in [0.15, 0.2) is 17.1 Å². The molecule has 2 heterocycles.